The largest absolute Gasteiger partial charge is 0.493 e. The highest BCUT2D eigenvalue weighted by molar-refractivity contribution is 5.94. The molecule has 29 heavy (non-hydrogen) atoms. The van der Waals surface area contributed by atoms with Crippen LogP contribution in [0.5, 0.6) is 5.88 Å². The number of aliphatic hydroxyl groups is 1. The van der Waals surface area contributed by atoms with E-state index in [1.807, 2.05) is 18.2 Å². The van der Waals surface area contributed by atoms with Crippen molar-refractivity contribution in [3.63, 3.8) is 0 Å². The molecule has 1 heterocycles. The molecule has 6 heteroatoms. The molecule has 3 aromatic carbocycles. The summed E-state index contributed by atoms with van der Waals surface area (Å²) in [6.07, 6.45) is -0.284. The summed E-state index contributed by atoms with van der Waals surface area (Å²) >= 11 is 0. The molecule has 0 radical (unpaired) electrons. The lowest BCUT2D eigenvalue weighted by molar-refractivity contribution is -0.122. The van der Waals surface area contributed by atoms with Gasteiger partial charge in [-0.1, -0.05) is 78.9 Å². The number of amides is 1. The number of para-hydroxylation sites is 1. The second-order valence-corrected chi connectivity index (χ2v) is 6.73. The van der Waals surface area contributed by atoms with Gasteiger partial charge in [0.05, 0.1) is 11.9 Å². The molecule has 0 saturated heterocycles. The average Bonchev–Trinajstić information content (AvgIpc) is 3.08. The molecule has 4 aromatic rings. The van der Waals surface area contributed by atoms with E-state index in [9.17, 15) is 15.0 Å². The van der Waals surface area contributed by atoms with Gasteiger partial charge in [0.1, 0.15) is 5.60 Å². The Hall–Kier alpha value is -3.77. The molecule has 0 bridgehead atoms. The van der Waals surface area contributed by atoms with Crippen LogP contribution in [-0.2, 0) is 10.4 Å². The van der Waals surface area contributed by atoms with E-state index < -0.39 is 11.5 Å². The summed E-state index contributed by atoms with van der Waals surface area (Å²) < 4.78 is 0. The Balaban J connectivity index is 1.65. The standard InChI is InChI=1S/C23H19N3O3/c27-20(25-26-21-18-13-7-8-14-19(18)24-22(21)28)15-23(29,16-9-3-1-4-10-16)17-11-5-2-6-12-17/h1-14,24,28-29H,15H2. The van der Waals surface area contributed by atoms with Crippen LogP contribution in [0.2, 0.25) is 0 Å². The second kappa shape index (κ2) is 7.69. The number of carbonyl (C=O) groups is 1. The third kappa shape index (κ3) is 3.66. The van der Waals surface area contributed by atoms with Crippen LogP contribution in [0.25, 0.3) is 10.9 Å². The lowest BCUT2D eigenvalue weighted by atomic mass is 9.83. The summed E-state index contributed by atoms with van der Waals surface area (Å²) in [6.45, 7) is 0. The number of aromatic nitrogens is 1. The van der Waals surface area contributed by atoms with Crippen LogP contribution in [0.4, 0.5) is 5.69 Å². The number of benzene rings is 3. The van der Waals surface area contributed by atoms with Gasteiger partial charge < -0.3 is 15.2 Å². The number of aromatic amines is 1. The van der Waals surface area contributed by atoms with Gasteiger partial charge in [0.2, 0.25) is 5.88 Å². The molecule has 144 valence electrons. The van der Waals surface area contributed by atoms with Crippen LogP contribution < -0.4 is 0 Å². The number of fused-ring (bicyclic) bond motifs is 1. The minimum absolute atomic E-state index is 0.163. The zero-order valence-corrected chi connectivity index (χ0v) is 15.5. The van der Waals surface area contributed by atoms with Crippen molar-refractivity contribution >= 4 is 22.5 Å². The maximum atomic E-state index is 12.6. The van der Waals surface area contributed by atoms with Gasteiger partial charge >= 0.3 is 0 Å². The number of hydrogen-bond donors (Lipinski definition) is 3. The van der Waals surface area contributed by atoms with Crippen molar-refractivity contribution in [1.29, 1.82) is 0 Å². The number of aromatic hydroxyl groups is 1. The zero-order chi connectivity index (χ0) is 20.3. The number of carbonyl (C=O) groups excluding carboxylic acids is 1. The van der Waals surface area contributed by atoms with Crippen LogP contribution >= 0.6 is 0 Å². The SMILES string of the molecule is O=C(CC(O)(c1ccccc1)c1ccccc1)N=Nc1c(O)[nH]c2ccccc12. The first kappa shape index (κ1) is 18.6. The maximum Gasteiger partial charge on any atom is 0.268 e. The number of rotatable bonds is 5. The Morgan fingerprint density at radius 1 is 0.862 bits per heavy atom. The quantitative estimate of drug-likeness (QED) is 0.430. The zero-order valence-electron chi connectivity index (χ0n) is 15.5. The highest BCUT2D eigenvalue weighted by atomic mass is 16.3. The molecular formula is C23H19N3O3. The molecule has 0 saturated carbocycles. The predicted octanol–water partition coefficient (Wildman–Crippen LogP) is 4.81. The third-order valence-electron chi connectivity index (χ3n) is 4.83. The molecule has 3 N–H and O–H groups in total. The number of nitrogens with one attached hydrogen (secondary N) is 1. The van der Waals surface area contributed by atoms with Crippen LogP contribution in [0.3, 0.4) is 0 Å². The summed E-state index contributed by atoms with van der Waals surface area (Å²) in [5.41, 5.74) is 0.517. The lowest BCUT2D eigenvalue weighted by Crippen LogP contribution is -2.30. The number of hydrogen-bond acceptors (Lipinski definition) is 4. The van der Waals surface area contributed by atoms with Crippen molar-refractivity contribution in [2.45, 2.75) is 12.0 Å². The molecule has 0 unspecified atom stereocenters. The summed E-state index contributed by atoms with van der Waals surface area (Å²) in [6, 6.07) is 25.2. The first-order valence-corrected chi connectivity index (χ1v) is 9.15. The van der Waals surface area contributed by atoms with Crippen molar-refractivity contribution in [2.75, 3.05) is 0 Å². The second-order valence-electron chi connectivity index (χ2n) is 6.73. The summed E-state index contributed by atoms with van der Waals surface area (Å²) in [5, 5.41) is 29.9. The number of azo groups is 1. The minimum Gasteiger partial charge on any atom is -0.493 e. The van der Waals surface area contributed by atoms with E-state index in [4.69, 9.17) is 0 Å². The Kier molecular flexibility index (Phi) is 4.93. The minimum atomic E-state index is -1.54. The van der Waals surface area contributed by atoms with Crippen molar-refractivity contribution in [3.05, 3.63) is 96.1 Å². The van der Waals surface area contributed by atoms with Gasteiger partial charge in [-0.25, -0.2) is 0 Å². The molecular weight excluding hydrogens is 366 g/mol. The first-order chi connectivity index (χ1) is 14.1. The van der Waals surface area contributed by atoms with Gasteiger partial charge in [-0.05, 0) is 17.2 Å². The Morgan fingerprint density at radius 2 is 1.41 bits per heavy atom. The molecule has 0 spiro atoms. The molecule has 1 amide bonds. The van der Waals surface area contributed by atoms with Crippen LogP contribution in [0, 0.1) is 0 Å². The highest BCUT2D eigenvalue weighted by Crippen LogP contribution is 2.36. The fourth-order valence-corrected chi connectivity index (χ4v) is 3.37. The molecule has 4 rings (SSSR count). The van der Waals surface area contributed by atoms with E-state index in [-0.39, 0.29) is 18.0 Å². The molecule has 1 aromatic heterocycles. The van der Waals surface area contributed by atoms with E-state index >= 15 is 0 Å². The molecule has 6 nitrogen and oxygen atoms in total. The van der Waals surface area contributed by atoms with E-state index in [0.29, 0.717) is 22.0 Å². The van der Waals surface area contributed by atoms with Crippen LogP contribution in [-0.4, -0.2) is 21.1 Å². The first-order valence-electron chi connectivity index (χ1n) is 9.15. The third-order valence-corrected chi connectivity index (χ3v) is 4.83. The van der Waals surface area contributed by atoms with E-state index in [0.717, 1.165) is 0 Å². The van der Waals surface area contributed by atoms with Crippen LogP contribution in [0.1, 0.15) is 17.5 Å². The Labute approximate surface area is 167 Å². The maximum absolute atomic E-state index is 12.6. The molecule has 0 atom stereocenters. The monoisotopic (exact) mass is 385 g/mol. The van der Waals surface area contributed by atoms with Crippen molar-refractivity contribution in [1.82, 2.24) is 4.98 Å². The van der Waals surface area contributed by atoms with Gasteiger partial charge in [-0.15, -0.1) is 10.2 Å². The fraction of sp³-hybridized carbons (Fsp3) is 0.0870. The molecule has 0 aliphatic heterocycles. The molecule has 0 aliphatic rings. The van der Waals surface area contributed by atoms with Crippen molar-refractivity contribution in [3.8, 4) is 5.88 Å². The predicted molar refractivity (Wildman–Crippen MR) is 110 cm³/mol. The van der Waals surface area contributed by atoms with Crippen molar-refractivity contribution in [2.24, 2.45) is 10.2 Å². The summed E-state index contributed by atoms with van der Waals surface area (Å²) in [5.74, 6) is -0.769. The van der Waals surface area contributed by atoms with Crippen molar-refractivity contribution < 1.29 is 15.0 Å². The summed E-state index contributed by atoms with van der Waals surface area (Å²) in [4.78, 5) is 15.4. The van der Waals surface area contributed by atoms with Gasteiger partial charge in [-0.3, -0.25) is 4.79 Å². The lowest BCUT2D eigenvalue weighted by Gasteiger charge is -2.28. The molecule has 0 aliphatic carbocycles. The smallest absolute Gasteiger partial charge is 0.268 e. The number of nitrogens with zero attached hydrogens (tertiary/aromatic N) is 2. The normalized spacial score (nSPS) is 11.9. The van der Waals surface area contributed by atoms with Gasteiger partial charge in [0.15, 0.2) is 5.69 Å². The molecule has 0 fully saturated rings. The van der Waals surface area contributed by atoms with E-state index in [2.05, 4.69) is 15.2 Å². The van der Waals surface area contributed by atoms with E-state index in [1.54, 1.807) is 66.7 Å². The van der Waals surface area contributed by atoms with Gasteiger partial charge in [0, 0.05) is 5.39 Å². The highest BCUT2D eigenvalue weighted by Gasteiger charge is 2.34. The average molecular weight is 385 g/mol. The summed E-state index contributed by atoms with van der Waals surface area (Å²) in [7, 11) is 0. The Bertz CT molecular complexity index is 1130. The fourth-order valence-electron chi connectivity index (χ4n) is 3.37. The van der Waals surface area contributed by atoms with Gasteiger partial charge in [0.25, 0.3) is 5.91 Å². The Morgan fingerprint density at radius 3 is 2.03 bits per heavy atom. The topological polar surface area (TPSA) is 98.0 Å². The number of H-pyrrole nitrogens is 1. The van der Waals surface area contributed by atoms with Gasteiger partial charge in [-0.2, -0.15) is 0 Å². The van der Waals surface area contributed by atoms with Crippen LogP contribution in [0.15, 0.2) is 95.2 Å². The van der Waals surface area contributed by atoms with E-state index in [1.165, 1.54) is 0 Å².